The summed E-state index contributed by atoms with van der Waals surface area (Å²) in [5, 5.41) is 2.66. The molecule has 3 heteroatoms. The van der Waals surface area contributed by atoms with Gasteiger partial charge in [-0.1, -0.05) is 172 Å². The van der Waals surface area contributed by atoms with Crippen molar-refractivity contribution in [2.75, 3.05) is 0 Å². The molecular formula is C47H33N3. The first-order valence-electron chi connectivity index (χ1n) is 17.3. The van der Waals surface area contributed by atoms with E-state index in [1.54, 1.807) is 0 Å². The molecule has 0 saturated carbocycles. The Morgan fingerprint density at radius 1 is 0.440 bits per heavy atom. The number of hydrogen-bond acceptors (Lipinski definition) is 3. The second kappa shape index (κ2) is 10.9. The summed E-state index contributed by atoms with van der Waals surface area (Å²) in [4.78, 5) is 14.9. The van der Waals surface area contributed by atoms with Gasteiger partial charge in [-0.05, 0) is 60.8 Å². The van der Waals surface area contributed by atoms with Crippen LogP contribution in [0.15, 0.2) is 158 Å². The molecule has 0 bridgehead atoms. The van der Waals surface area contributed by atoms with Crippen LogP contribution in [-0.4, -0.2) is 15.0 Å². The van der Waals surface area contributed by atoms with Gasteiger partial charge in [-0.15, -0.1) is 0 Å². The molecule has 1 heterocycles. The summed E-state index contributed by atoms with van der Waals surface area (Å²) < 4.78 is 0. The first kappa shape index (κ1) is 28.8. The number of fused-ring (bicyclic) bond motifs is 10. The summed E-state index contributed by atoms with van der Waals surface area (Å²) >= 11 is 0. The van der Waals surface area contributed by atoms with E-state index in [1.807, 2.05) is 60.7 Å². The van der Waals surface area contributed by atoms with Crippen LogP contribution in [0, 0.1) is 0 Å². The Morgan fingerprint density at radius 3 is 1.54 bits per heavy atom. The Kier molecular flexibility index (Phi) is 6.28. The highest BCUT2D eigenvalue weighted by atomic mass is 15.0. The SMILES string of the molecule is CC1(C)c2ccccc2-c2c1c1c(c3ccccc23)-c2ccccc2C1c1ccc(-c2nc(-c3ccccc3)nc(-c3ccccc3)n2)cc1. The Bertz CT molecular complexity index is 2550. The predicted molar refractivity (Wildman–Crippen MR) is 204 cm³/mol. The molecule has 7 aromatic carbocycles. The lowest BCUT2D eigenvalue weighted by atomic mass is 9.74. The molecule has 0 fully saturated rings. The maximum Gasteiger partial charge on any atom is 0.164 e. The minimum atomic E-state index is -0.146. The van der Waals surface area contributed by atoms with E-state index >= 15 is 0 Å². The first-order valence-corrected chi connectivity index (χ1v) is 17.3. The third-order valence-electron chi connectivity index (χ3n) is 10.8. The topological polar surface area (TPSA) is 38.7 Å². The average Bonchev–Trinajstić information content (AvgIpc) is 3.65. The van der Waals surface area contributed by atoms with Crippen molar-refractivity contribution < 1.29 is 0 Å². The van der Waals surface area contributed by atoms with Gasteiger partial charge in [0.05, 0.1) is 0 Å². The zero-order valence-corrected chi connectivity index (χ0v) is 27.9. The van der Waals surface area contributed by atoms with Crippen molar-refractivity contribution in [3.63, 3.8) is 0 Å². The quantitative estimate of drug-likeness (QED) is 0.192. The van der Waals surface area contributed by atoms with Crippen molar-refractivity contribution in [1.82, 2.24) is 15.0 Å². The second-order valence-electron chi connectivity index (χ2n) is 13.9. The van der Waals surface area contributed by atoms with Crippen molar-refractivity contribution in [3.05, 3.63) is 186 Å². The lowest BCUT2D eigenvalue weighted by molar-refractivity contribution is 0.651. The van der Waals surface area contributed by atoms with E-state index in [1.165, 1.54) is 60.8 Å². The molecule has 1 aromatic heterocycles. The molecule has 50 heavy (non-hydrogen) atoms. The number of nitrogens with zero attached hydrogens (tertiary/aromatic N) is 3. The number of benzene rings is 7. The Hall–Kier alpha value is -6.19. The van der Waals surface area contributed by atoms with Crippen molar-refractivity contribution >= 4 is 10.8 Å². The molecule has 0 radical (unpaired) electrons. The fourth-order valence-electron chi connectivity index (χ4n) is 8.59. The van der Waals surface area contributed by atoms with Crippen molar-refractivity contribution in [3.8, 4) is 56.4 Å². The van der Waals surface area contributed by atoms with Crippen LogP contribution in [0.5, 0.6) is 0 Å². The molecule has 2 aliphatic carbocycles. The Balaban J connectivity index is 1.17. The van der Waals surface area contributed by atoms with Crippen LogP contribution in [0.3, 0.4) is 0 Å². The van der Waals surface area contributed by atoms with Gasteiger partial charge in [0.1, 0.15) is 0 Å². The van der Waals surface area contributed by atoms with E-state index < -0.39 is 0 Å². The zero-order chi connectivity index (χ0) is 33.4. The Morgan fingerprint density at radius 2 is 0.920 bits per heavy atom. The summed E-state index contributed by atoms with van der Waals surface area (Å²) in [7, 11) is 0. The van der Waals surface area contributed by atoms with Gasteiger partial charge >= 0.3 is 0 Å². The van der Waals surface area contributed by atoms with E-state index in [0.29, 0.717) is 17.5 Å². The van der Waals surface area contributed by atoms with Crippen LogP contribution in [0.4, 0.5) is 0 Å². The van der Waals surface area contributed by atoms with Crippen molar-refractivity contribution in [2.45, 2.75) is 25.2 Å². The summed E-state index contributed by atoms with van der Waals surface area (Å²) in [5.74, 6) is 2.10. The number of aromatic nitrogens is 3. The van der Waals surface area contributed by atoms with Gasteiger partial charge in [-0.25, -0.2) is 15.0 Å². The number of hydrogen-bond donors (Lipinski definition) is 0. The molecule has 0 amide bonds. The molecule has 0 spiro atoms. The molecule has 10 rings (SSSR count). The van der Waals surface area contributed by atoms with Crippen LogP contribution < -0.4 is 0 Å². The standard InChI is InChI=1S/C47H33N3/c1-47(2)38-24-14-13-23-37(38)41-36-22-12-11-21-35(36)40-34-20-10-9-19-33(34)39(42(40)43(41)47)29-25-27-32(28-26-29)46-49-44(30-15-5-3-6-16-30)48-45(50-46)31-17-7-4-8-18-31/h3-28,39H,1-2H3. The molecule has 3 nitrogen and oxygen atoms in total. The Labute approximate surface area is 292 Å². The second-order valence-corrected chi connectivity index (χ2v) is 13.9. The third kappa shape index (κ3) is 4.20. The lowest BCUT2D eigenvalue weighted by Gasteiger charge is -2.28. The first-order chi connectivity index (χ1) is 24.6. The summed E-state index contributed by atoms with van der Waals surface area (Å²) in [6.45, 7) is 4.82. The van der Waals surface area contributed by atoms with Gasteiger partial charge < -0.3 is 0 Å². The smallest absolute Gasteiger partial charge is 0.164 e. The van der Waals surface area contributed by atoms with E-state index in [4.69, 9.17) is 15.0 Å². The highest BCUT2D eigenvalue weighted by Crippen LogP contribution is 2.61. The minimum Gasteiger partial charge on any atom is -0.208 e. The van der Waals surface area contributed by atoms with Crippen LogP contribution in [-0.2, 0) is 5.41 Å². The van der Waals surface area contributed by atoms with E-state index in [9.17, 15) is 0 Å². The van der Waals surface area contributed by atoms with E-state index in [0.717, 1.165) is 16.7 Å². The molecule has 8 aromatic rings. The maximum absolute atomic E-state index is 5.00. The van der Waals surface area contributed by atoms with E-state index in [-0.39, 0.29) is 11.3 Å². The molecule has 2 aliphatic rings. The minimum absolute atomic E-state index is 0.0975. The van der Waals surface area contributed by atoms with Crippen LogP contribution in [0.1, 0.15) is 47.6 Å². The van der Waals surface area contributed by atoms with Gasteiger partial charge in [0.15, 0.2) is 17.5 Å². The van der Waals surface area contributed by atoms with Crippen LogP contribution >= 0.6 is 0 Å². The molecule has 0 N–H and O–H groups in total. The summed E-state index contributed by atoms with van der Waals surface area (Å²) in [6.07, 6.45) is 0. The fraction of sp³-hybridized carbons (Fsp3) is 0.0851. The number of rotatable bonds is 4. The van der Waals surface area contributed by atoms with E-state index in [2.05, 4.69) is 111 Å². The van der Waals surface area contributed by atoms with Gasteiger partial charge in [0.2, 0.25) is 0 Å². The van der Waals surface area contributed by atoms with Crippen molar-refractivity contribution in [1.29, 1.82) is 0 Å². The average molecular weight is 640 g/mol. The van der Waals surface area contributed by atoms with Gasteiger partial charge in [0.25, 0.3) is 0 Å². The normalized spacial score (nSPS) is 15.0. The van der Waals surface area contributed by atoms with Gasteiger partial charge in [0, 0.05) is 28.0 Å². The molecule has 236 valence electrons. The largest absolute Gasteiger partial charge is 0.208 e. The van der Waals surface area contributed by atoms with Gasteiger partial charge in [-0.3, -0.25) is 0 Å². The summed E-state index contributed by atoms with van der Waals surface area (Å²) in [6, 6.07) is 56.3. The zero-order valence-electron chi connectivity index (χ0n) is 27.9. The highest BCUT2D eigenvalue weighted by Gasteiger charge is 2.44. The molecule has 1 atom stereocenters. The predicted octanol–water partition coefficient (Wildman–Crippen LogP) is 11.5. The van der Waals surface area contributed by atoms with Crippen molar-refractivity contribution in [2.24, 2.45) is 0 Å². The van der Waals surface area contributed by atoms with Crippen LogP contribution in [0.25, 0.3) is 67.2 Å². The lowest BCUT2D eigenvalue weighted by Crippen LogP contribution is -2.19. The fourth-order valence-corrected chi connectivity index (χ4v) is 8.59. The highest BCUT2D eigenvalue weighted by molar-refractivity contribution is 6.12. The summed E-state index contributed by atoms with van der Waals surface area (Å²) in [5.41, 5.74) is 15.1. The van der Waals surface area contributed by atoms with Crippen LogP contribution in [0.2, 0.25) is 0 Å². The maximum atomic E-state index is 5.00. The monoisotopic (exact) mass is 639 g/mol. The molecule has 0 aliphatic heterocycles. The third-order valence-corrected chi connectivity index (χ3v) is 10.8. The van der Waals surface area contributed by atoms with Gasteiger partial charge in [-0.2, -0.15) is 0 Å². The molecule has 1 unspecified atom stereocenters. The molecule has 0 saturated heterocycles. The molecular weight excluding hydrogens is 607 g/mol.